The highest BCUT2D eigenvalue weighted by atomic mass is 35.5. The number of rotatable bonds is 1. The van der Waals surface area contributed by atoms with Crippen LogP contribution in [0.3, 0.4) is 0 Å². The number of nitriles is 1. The molecule has 5 heteroatoms. The highest BCUT2D eigenvalue weighted by molar-refractivity contribution is 6.32. The quantitative estimate of drug-likeness (QED) is 0.836. The van der Waals surface area contributed by atoms with Crippen molar-refractivity contribution >= 4 is 17.3 Å². The minimum Gasteiger partial charge on any atom is -0.391 e. The lowest BCUT2D eigenvalue weighted by Gasteiger charge is -2.44. The van der Waals surface area contributed by atoms with E-state index in [-0.39, 0.29) is 12.1 Å². The number of anilines is 1. The van der Waals surface area contributed by atoms with Gasteiger partial charge in [-0.3, -0.25) is 0 Å². The Morgan fingerprint density at radius 1 is 1.43 bits per heavy atom. The van der Waals surface area contributed by atoms with Crippen molar-refractivity contribution in [2.45, 2.75) is 56.9 Å². The number of piperidine rings is 1. The standard InChI is InChI=1S/C16H19ClN2O2/c1-9-12(4-3-10(8-18)15(9)17)19-11-5-14(20)13(19)7-16(2,21)6-11/h3-4,11,13-14,20-21H,5-7H2,1-2H3/t11-,13-,14?,16+/m0/s1. The summed E-state index contributed by atoms with van der Waals surface area (Å²) in [6, 6.07) is 5.72. The summed E-state index contributed by atoms with van der Waals surface area (Å²) in [4.78, 5) is 2.19. The van der Waals surface area contributed by atoms with Crippen LogP contribution >= 0.6 is 11.6 Å². The number of hydrogen-bond donors (Lipinski definition) is 2. The van der Waals surface area contributed by atoms with Crippen molar-refractivity contribution in [3.63, 3.8) is 0 Å². The van der Waals surface area contributed by atoms with Gasteiger partial charge in [0.05, 0.1) is 28.3 Å². The first-order valence-corrected chi connectivity index (χ1v) is 7.60. The molecule has 2 bridgehead atoms. The molecule has 2 aliphatic heterocycles. The molecule has 1 unspecified atom stereocenters. The normalized spacial score (nSPS) is 34.9. The van der Waals surface area contributed by atoms with E-state index in [1.165, 1.54) is 0 Å². The van der Waals surface area contributed by atoms with Gasteiger partial charge in [0.25, 0.3) is 0 Å². The van der Waals surface area contributed by atoms with Gasteiger partial charge in [-0.25, -0.2) is 0 Å². The molecule has 0 aliphatic carbocycles. The number of aliphatic hydroxyl groups is 2. The summed E-state index contributed by atoms with van der Waals surface area (Å²) in [7, 11) is 0. The maximum atomic E-state index is 10.3. The largest absolute Gasteiger partial charge is 0.391 e. The summed E-state index contributed by atoms with van der Waals surface area (Å²) in [6.07, 6.45) is 1.41. The number of hydrogen-bond acceptors (Lipinski definition) is 4. The second-order valence-corrected chi connectivity index (χ2v) is 6.90. The molecule has 1 aromatic rings. The molecule has 2 aliphatic rings. The lowest BCUT2D eigenvalue weighted by Crippen LogP contribution is -2.51. The van der Waals surface area contributed by atoms with Crippen molar-refractivity contribution in [2.24, 2.45) is 0 Å². The Morgan fingerprint density at radius 2 is 2.14 bits per heavy atom. The predicted octanol–water partition coefficient (Wildman–Crippen LogP) is 2.37. The minimum absolute atomic E-state index is 0.0959. The van der Waals surface area contributed by atoms with Crippen LogP contribution in [0, 0.1) is 18.3 Å². The Hall–Kier alpha value is -1.28. The summed E-state index contributed by atoms with van der Waals surface area (Å²) >= 11 is 6.26. The van der Waals surface area contributed by atoms with E-state index in [4.69, 9.17) is 16.9 Å². The van der Waals surface area contributed by atoms with Gasteiger partial charge in [-0.1, -0.05) is 11.6 Å². The van der Waals surface area contributed by atoms with E-state index in [9.17, 15) is 10.2 Å². The number of benzene rings is 1. The summed E-state index contributed by atoms with van der Waals surface area (Å²) in [5.74, 6) is 0. The molecule has 21 heavy (non-hydrogen) atoms. The lowest BCUT2D eigenvalue weighted by atomic mass is 9.87. The van der Waals surface area contributed by atoms with Gasteiger partial charge in [0.15, 0.2) is 0 Å². The van der Waals surface area contributed by atoms with Crippen molar-refractivity contribution in [2.75, 3.05) is 4.90 Å². The molecule has 0 spiro atoms. The van der Waals surface area contributed by atoms with Crippen molar-refractivity contribution in [1.29, 1.82) is 5.26 Å². The molecule has 2 saturated heterocycles. The van der Waals surface area contributed by atoms with Gasteiger partial charge >= 0.3 is 0 Å². The predicted molar refractivity (Wildman–Crippen MR) is 81.4 cm³/mol. The van der Waals surface area contributed by atoms with Gasteiger partial charge in [0, 0.05) is 11.7 Å². The Bertz CT molecular complexity index is 623. The van der Waals surface area contributed by atoms with Crippen molar-refractivity contribution in [3.8, 4) is 6.07 Å². The maximum absolute atomic E-state index is 10.3. The first-order chi connectivity index (χ1) is 9.84. The molecule has 0 radical (unpaired) electrons. The van der Waals surface area contributed by atoms with E-state index in [1.54, 1.807) is 6.07 Å². The van der Waals surface area contributed by atoms with Crippen LogP contribution in [0.25, 0.3) is 0 Å². The van der Waals surface area contributed by atoms with Crippen LogP contribution in [0.1, 0.15) is 37.3 Å². The van der Waals surface area contributed by atoms with E-state index < -0.39 is 11.7 Å². The Morgan fingerprint density at radius 3 is 2.76 bits per heavy atom. The average molecular weight is 307 g/mol. The third-order valence-corrected chi connectivity index (χ3v) is 5.28. The highest BCUT2D eigenvalue weighted by Crippen LogP contribution is 2.45. The fourth-order valence-electron chi connectivity index (χ4n) is 3.88. The van der Waals surface area contributed by atoms with E-state index in [0.717, 1.165) is 11.3 Å². The molecule has 112 valence electrons. The zero-order chi connectivity index (χ0) is 15.4. The molecule has 0 aromatic heterocycles. The molecule has 4 atom stereocenters. The van der Waals surface area contributed by atoms with Crippen LogP contribution in [0.5, 0.6) is 0 Å². The van der Waals surface area contributed by atoms with Gasteiger partial charge in [0.1, 0.15) is 6.07 Å². The average Bonchev–Trinajstić information content (AvgIpc) is 2.61. The molecule has 3 rings (SSSR count). The van der Waals surface area contributed by atoms with Crippen LogP contribution in [0.15, 0.2) is 12.1 Å². The second-order valence-electron chi connectivity index (χ2n) is 6.52. The Labute approximate surface area is 129 Å². The molecule has 0 saturated carbocycles. The number of aliphatic hydroxyl groups excluding tert-OH is 1. The SMILES string of the molecule is Cc1c(N2[C@H]3CC(O)[C@@H]2C[C@](C)(O)C3)ccc(C#N)c1Cl. The van der Waals surface area contributed by atoms with Gasteiger partial charge in [-0.05, 0) is 50.8 Å². The van der Waals surface area contributed by atoms with Crippen molar-refractivity contribution in [3.05, 3.63) is 28.3 Å². The smallest absolute Gasteiger partial charge is 0.101 e. The van der Waals surface area contributed by atoms with E-state index in [2.05, 4.69) is 11.0 Å². The van der Waals surface area contributed by atoms with E-state index >= 15 is 0 Å². The summed E-state index contributed by atoms with van der Waals surface area (Å²) < 4.78 is 0. The van der Waals surface area contributed by atoms with Crippen LogP contribution in [0.4, 0.5) is 5.69 Å². The van der Waals surface area contributed by atoms with Gasteiger partial charge < -0.3 is 15.1 Å². The third kappa shape index (κ3) is 2.30. The van der Waals surface area contributed by atoms with Crippen molar-refractivity contribution in [1.82, 2.24) is 0 Å². The summed E-state index contributed by atoms with van der Waals surface area (Å²) in [5, 5.41) is 30.1. The van der Waals surface area contributed by atoms with Crippen LogP contribution in [-0.4, -0.2) is 34.0 Å². The van der Waals surface area contributed by atoms with Crippen LogP contribution in [-0.2, 0) is 0 Å². The van der Waals surface area contributed by atoms with Gasteiger partial charge in [-0.2, -0.15) is 5.26 Å². The molecular weight excluding hydrogens is 288 g/mol. The zero-order valence-electron chi connectivity index (χ0n) is 12.2. The first-order valence-electron chi connectivity index (χ1n) is 7.22. The monoisotopic (exact) mass is 306 g/mol. The molecule has 2 N–H and O–H groups in total. The van der Waals surface area contributed by atoms with Crippen LogP contribution in [0.2, 0.25) is 5.02 Å². The topological polar surface area (TPSA) is 67.5 Å². The number of nitrogens with zero attached hydrogens (tertiary/aromatic N) is 2. The second kappa shape index (κ2) is 4.88. The summed E-state index contributed by atoms with van der Waals surface area (Å²) in [6.45, 7) is 3.73. The fourth-order valence-corrected chi connectivity index (χ4v) is 4.08. The lowest BCUT2D eigenvalue weighted by molar-refractivity contribution is 0.0128. The number of fused-ring (bicyclic) bond motifs is 2. The first kappa shape index (κ1) is 14.6. The third-order valence-electron chi connectivity index (χ3n) is 4.79. The number of halogens is 1. The molecule has 1 aromatic carbocycles. The fraction of sp³-hybridized carbons (Fsp3) is 0.562. The van der Waals surface area contributed by atoms with Gasteiger partial charge in [0.2, 0.25) is 0 Å². The van der Waals surface area contributed by atoms with Gasteiger partial charge in [-0.15, -0.1) is 0 Å². The molecule has 2 heterocycles. The van der Waals surface area contributed by atoms with E-state index in [0.29, 0.717) is 29.8 Å². The Kier molecular flexibility index (Phi) is 3.40. The molecular formula is C16H19ClN2O2. The molecule has 2 fully saturated rings. The zero-order valence-corrected chi connectivity index (χ0v) is 12.9. The van der Waals surface area contributed by atoms with Crippen LogP contribution < -0.4 is 4.90 Å². The Balaban J connectivity index is 2.03. The van der Waals surface area contributed by atoms with E-state index in [1.807, 2.05) is 19.9 Å². The minimum atomic E-state index is -0.729. The highest BCUT2D eigenvalue weighted by Gasteiger charge is 2.50. The maximum Gasteiger partial charge on any atom is 0.101 e. The molecule has 4 nitrogen and oxygen atoms in total. The summed E-state index contributed by atoms with van der Waals surface area (Å²) in [5.41, 5.74) is 1.56. The van der Waals surface area contributed by atoms with Crippen molar-refractivity contribution < 1.29 is 10.2 Å². The molecule has 0 amide bonds.